The number of aliphatic imine (C=N–C) groups is 1. The minimum absolute atomic E-state index is 0. The molecule has 1 fully saturated rings. The number of halogens is 1. The SMILES string of the molecule is CCNC(=NCC(=O)NC1CC1)NCc1nc(C(C)C)cs1.I. The normalized spacial score (nSPS) is 14.3. The van der Waals surface area contributed by atoms with Gasteiger partial charge in [-0.05, 0) is 25.7 Å². The van der Waals surface area contributed by atoms with Crippen LogP contribution in [-0.2, 0) is 11.3 Å². The van der Waals surface area contributed by atoms with E-state index in [0.717, 1.165) is 30.1 Å². The number of rotatable bonds is 7. The lowest BCUT2D eigenvalue weighted by molar-refractivity contribution is -0.119. The van der Waals surface area contributed by atoms with Crippen molar-refractivity contribution in [3.05, 3.63) is 16.1 Å². The van der Waals surface area contributed by atoms with Crippen LogP contribution in [0.3, 0.4) is 0 Å². The van der Waals surface area contributed by atoms with E-state index in [0.29, 0.717) is 24.5 Å². The number of hydrogen-bond donors (Lipinski definition) is 3. The highest BCUT2D eigenvalue weighted by Gasteiger charge is 2.22. The second-order valence-corrected chi connectivity index (χ2v) is 6.65. The van der Waals surface area contributed by atoms with Crippen molar-refractivity contribution in [2.24, 2.45) is 4.99 Å². The Kier molecular flexibility index (Phi) is 8.82. The summed E-state index contributed by atoms with van der Waals surface area (Å²) in [4.78, 5) is 20.6. The molecular formula is C15H26IN5OS. The molecule has 0 bridgehead atoms. The summed E-state index contributed by atoms with van der Waals surface area (Å²) in [5.74, 6) is 1.07. The number of nitrogens with one attached hydrogen (secondary N) is 3. The zero-order valence-corrected chi connectivity index (χ0v) is 17.0. The number of nitrogens with zero attached hydrogens (tertiary/aromatic N) is 2. The summed E-state index contributed by atoms with van der Waals surface area (Å²) in [6.45, 7) is 7.80. The number of hydrogen-bond acceptors (Lipinski definition) is 4. The van der Waals surface area contributed by atoms with Crippen LogP contribution in [0.4, 0.5) is 0 Å². The van der Waals surface area contributed by atoms with Crippen molar-refractivity contribution < 1.29 is 4.79 Å². The third-order valence-electron chi connectivity index (χ3n) is 3.24. The number of amides is 1. The third-order valence-corrected chi connectivity index (χ3v) is 4.10. The maximum atomic E-state index is 11.7. The first kappa shape index (κ1) is 20.1. The molecule has 1 aromatic heterocycles. The fraction of sp³-hybridized carbons (Fsp3) is 0.667. The second kappa shape index (κ2) is 10.1. The van der Waals surface area contributed by atoms with E-state index in [1.807, 2.05) is 6.92 Å². The lowest BCUT2D eigenvalue weighted by atomic mass is 10.2. The second-order valence-electron chi connectivity index (χ2n) is 5.71. The molecule has 3 N–H and O–H groups in total. The summed E-state index contributed by atoms with van der Waals surface area (Å²) >= 11 is 1.64. The minimum atomic E-state index is -0.0176. The third kappa shape index (κ3) is 7.47. The van der Waals surface area contributed by atoms with E-state index < -0.39 is 0 Å². The maximum absolute atomic E-state index is 11.7. The molecule has 8 heteroatoms. The van der Waals surface area contributed by atoms with Crippen LogP contribution >= 0.6 is 35.3 Å². The summed E-state index contributed by atoms with van der Waals surface area (Å²) in [6, 6.07) is 0.378. The van der Waals surface area contributed by atoms with Crippen molar-refractivity contribution >= 4 is 47.2 Å². The Morgan fingerprint density at radius 3 is 2.74 bits per heavy atom. The fourth-order valence-electron chi connectivity index (χ4n) is 1.82. The first-order valence-corrected chi connectivity index (χ1v) is 8.72. The van der Waals surface area contributed by atoms with Crippen molar-refractivity contribution in [3.63, 3.8) is 0 Å². The average molecular weight is 451 g/mol. The van der Waals surface area contributed by atoms with Crippen molar-refractivity contribution in [2.45, 2.75) is 52.1 Å². The van der Waals surface area contributed by atoms with Gasteiger partial charge in [-0.2, -0.15) is 0 Å². The summed E-state index contributed by atoms with van der Waals surface area (Å²) in [7, 11) is 0. The first-order valence-electron chi connectivity index (χ1n) is 7.84. The fourth-order valence-corrected chi connectivity index (χ4v) is 2.72. The van der Waals surface area contributed by atoms with Gasteiger partial charge in [-0.3, -0.25) is 4.79 Å². The van der Waals surface area contributed by atoms with Crippen molar-refractivity contribution in [1.82, 2.24) is 20.9 Å². The predicted octanol–water partition coefficient (Wildman–Crippen LogP) is 2.22. The molecule has 23 heavy (non-hydrogen) atoms. The number of thiazole rings is 1. The molecule has 0 saturated heterocycles. The van der Waals surface area contributed by atoms with Gasteiger partial charge in [0.2, 0.25) is 5.91 Å². The largest absolute Gasteiger partial charge is 0.357 e. The molecule has 0 unspecified atom stereocenters. The van der Waals surface area contributed by atoms with Crippen LogP contribution in [0.1, 0.15) is 50.2 Å². The quantitative estimate of drug-likeness (QED) is 0.338. The molecule has 1 heterocycles. The van der Waals surface area contributed by atoms with Gasteiger partial charge in [-0.15, -0.1) is 35.3 Å². The molecule has 0 aliphatic heterocycles. The molecule has 0 spiro atoms. The summed E-state index contributed by atoms with van der Waals surface area (Å²) in [5.41, 5.74) is 1.12. The Hall–Kier alpha value is -0.900. The van der Waals surface area contributed by atoms with Gasteiger partial charge in [-0.25, -0.2) is 9.98 Å². The Bertz CT molecular complexity index is 528. The van der Waals surface area contributed by atoms with Gasteiger partial charge >= 0.3 is 0 Å². The van der Waals surface area contributed by atoms with E-state index in [2.05, 4.69) is 45.2 Å². The highest BCUT2D eigenvalue weighted by molar-refractivity contribution is 14.0. The van der Waals surface area contributed by atoms with Crippen molar-refractivity contribution in [3.8, 4) is 0 Å². The van der Waals surface area contributed by atoms with Crippen LogP contribution in [0.25, 0.3) is 0 Å². The molecule has 6 nitrogen and oxygen atoms in total. The number of aromatic nitrogens is 1. The Labute approximate surface area is 159 Å². The number of carbonyl (C=O) groups is 1. The monoisotopic (exact) mass is 451 g/mol. The smallest absolute Gasteiger partial charge is 0.242 e. The molecule has 1 amide bonds. The molecule has 2 rings (SSSR count). The molecule has 1 aromatic rings. The summed E-state index contributed by atoms with van der Waals surface area (Å²) in [5, 5.41) is 12.4. The highest BCUT2D eigenvalue weighted by atomic mass is 127. The van der Waals surface area contributed by atoms with Crippen LogP contribution in [0, 0.1) is 0 Å². The molecule has 1 aliphatic rings. The molecular weight excluding hydrogens is 425 g/mol. The van der Waals surface area contributed by atoms with Gasteiger partial charge in [0.25, 0.3) is 0 Å². The topological polar surface area (TPSA) is 78.4 Å². The van der Waals surface area contributed by atoms with Crippen molar-refractivity contribution in [1.29, 1.82) is 0 Å². The van der Waals surface area contributed by atoms with Gasteiger partial charge in [0, 0.05) is 18.0 Å². The molecule has 0 atom stereocenters. The molecule has 130 valence electrons. The first-order chi connectivity index (χ1) is 10.6. The van der Waals surface area contributed by atoms with Gasteiger partial charge in [0.05, 0.1) is 12.2 Å². The molecule has 1 aliphatic carbocycles. The standard InChI is InChI=1S/C15H25N5OS.HI/c1-4-16-15(17-7-13(21)19-11-5-6-11)18-8-14-20-12(9-22-14)10(2)3;/h9-11H,4-8H2,1-3H3,(H,19,21)(H2,16,17,18);1H. The maximum Gasteiger partial charge on any atom is 0.242 e. The summed E-state index contributed by atoms with van der Waals surface area (Å²) in [6.07, 6.45) is 2.19. The molecule has 1 saturated carbocycles. The van der Waals surface area contributed by atoms with Gasteiger partial charge in [0.15, 0.2) is 5.96 Å². The number of guanidine groups is 1. The molecule has 0 aromatic carbocycles. The molecule has 0 radical (unpaired) electrons. The van der Waals surface area contributed by atoms with Gasteiger partial charge < -0.3 is 16.0 Å². The van der Waals surface area contributed by atoms with Crippen molar-refractivity contribution in [2.75, 3.05) is 13.1 Å². The minimum Gasteiger partial charge on any atom is -0.357 e. The zero-order chi connectivity index (χ0) is 15.9. The van der Waals surface area contributed by atoms with Gasteiger partial charge in [-0.1, -0.05) is 13.8 Å². The Morgan fingerprint density at radius 2 is 2.17 bits per heavy atom. The Balaban J connectivity index is 0.00000264. The van der Waals surface area contributed by atoms with Crippen LogP contribution in [-0.4, -0.2) is 36.0 Å². The summed E-state index contributed by atoms with van der Waals surface area (Å²) < 4.78 is 0. The van der Waals surface area contributed by atoms with E-state index in [-0.39, 0.29) is 36.4 Å². The van der Waals surface area contributed by atoms with Crippen LogP contribution in [0.5, 0.6) is 0 Å². The van der Waals surface area contributed by atoms with Crippen LogP contribution in [0.15, 0.2) is 10.4 Å². The van der Waals surface area contributed by atoms with E-state index in [4.69, 9.17) is 0 Å². The Morgan fingerprint density at radius 1 is 1.43 bits per heavy atom. The van der Waals surface area contributed by atoms with E-state index in [9.17, 15) is 4.79 Å². The van der Waals surface area contributed by atoms with E-state index >= 15 is 0 Å². The zero-order valence-electron chi connectivity index (χ0n) is 13.9. The number of carbonyl (C=O) groups excluding carboxylic acids is 1. The van der Waals surface area contributed by atoms with E-state index in [1.54, 1.807) is 11.3 Å². The lowest BCUT2D eigenvalue weighted by Gasteiger charge is -2.10. The predicted molar refractivity (Wildman–Crippen MR) is 106 cm³/mol. The van der Waals surface area contributed by atoms with Crippen LogP contribution < -0.4 is 16.0 Å². The van der Waals surface area contributed by atoms with Gasteiger partial charge in [0.1, 0.15) is 11.6 Å². The van der Waals surface area contributed by atoms with Crippen LogP contribution in [0.2, 0.25) is 0 Å². The lowest BCUT2D eigenvalue weighted by Crippen LogP contribution is -2.38. The highest BCUT2D eigenvalue weighted by Crippen LogP contribution is 2.18. The van der Waals surface area contributed by atoms with E-state index in [1.165, 1.54) is 0 Å². The average Bonchev–Trinajstić information content (AvgIpc) is 3.15.